The van der Waals surface area contributed by atoms with Crippen LogP contribution < -0.4 is 0 Å². The van der Waals surface area contributed by atoms with Gasteiger partial charge in [-0.05, 0) is 68.3 Å². The minimum Gasteiger partial charge on any atom is -0.304 e. The Labute approximate surface area is 211 Å². The molecule has 0 amide bonds. The van der Waals surface area contributed by atoms with E-state index < -0.39 is 11.7 Å². The molecule has 3 heterocycles. The Bertz CT molecular complexity index is 1130. The van der Waals surface area contributed by atoms with Gasteiger partial charge in [-0.25, -0.2) is 4.98 Å². The molecular weight excluding hydrogens is 503 g/mol. The minimum absolute atomic E-state index is 0. The van der Waals surface area contributed by atoms with E-state index in [0.717, 1.165) is 71.8 Å². The standard InChI is InChI=1S/C23H26F3N5S2.ClH/c1-15-19(33-14-27-15)20-28-29-21(30(20)2)32-11-3-9-31-10-8-22(13-31)12-18(22)16-4-6-17(7-5-16)23(24,25)26;/h4-7,14,18H,3,8-13H2,1-2H3;1H/t18-,22+;/m1./s1. The van der Waals surface area contributed by atoms with Crippen LogP contribution in [0.3, 0.4) is 0 Å². The summed E-state index contributed by atoms with van der Waals surface area (Å²) in [7, 11) is 2.00. The predicted octanol–water partition coefficient (Wildman–Crippen LogP) is 6.05. The predicted molar refractivity (Wildman–Crippen MR) is 132 cm³/mol. The lowest BCUT2D eigenvalue weighted by Gasteiger charge is -2.16. The van der Waals surface area contributed by atoms with Crippen molar-refractivity contribution in [1.82, 2.24) is 24.6 Å². The van der Waals surface area contributed by atoms with Gasteiger partial charge in [0.1, 0.15) is 0 Å². The first-order chi connectivity index (χ1) is 15.8. The van der Waals surface area contributed by atoms with Gasteiger partial charge in [0.15, 0.2) is 11.0 Å². The SMILES string of the molecule is Cc1ncsc1-c1nnc(SCCCN2CC[C@]3(C[C@@H]3c3ccc(C(F)(F)F)cc3)C2)n1C.Cl. The number of halogens is 4. The van der Waals surface area contributed by atoms with E-state index in [1.54, 1.807) is 35.2 Å². The summed E-state index contributed by atoms with van der Waals surface area (Å²) >= 11 is 3.31. The Morgan fingerprint density at radius 1 is 1.21 bits per heavy atom. The minimum atomic E-state index is -4.27. The van der Waals surface area contributed by atoms with Gasteiger partial charge >= 0.3 is 6.18 Å². The number of rotatable bonds is 7. The first-order valence-corrected chi connectivity index (χ1v) is 13.0. The second-order valence-electron chi connectivity index (χ2n) is 9.10. The summed E-state index contributed by atoms with van der Waals surface area (Å²) in [4.78, 5) is 7.87. The zero-order chi connectivity index (χ0) is 23.2. The molecule has 2 fully saturated rings. The molecule has 0 unspecified atom stereocenters. The summed E-state index contributed by atoms with van der Waals surface area (Å²) in [6.45, 7) is 5.13. The van der Waals surface area contributed by atoms with E-state index >= 15 is 0 Å². The number of hydrogen-bond donors (Lipinski definition) is 0. The van der Waals surface area contributed by atoms with Crippen molar-refractivity contribution in [1.29, 1.82) is 0 Å². The molecule has 184 valence electrons. The number of aromatic nitrogens is 4. The topological polar surface area (TPSA) is 46.8 Å². The number of benzene rings is 1. The Morgan fingerprint density at radius 2 is 1.97 bits per heavy atom. The highest BCUT2D eigenvalue weighted by molar-refractivity contribution is 7.99. The fraction of sp³-hybridized carbons (Fsp3) is 0.522. The van der Waals surface area contributed by atoms with E-state index in [-0.39, 0.29) is 17.8 Å². The molecule has 1 aliphatic carbocycles. The normalized spacial score (nSPS) is 22.3. The van der Waals surface area contributed by atoms with Crippen molar-refractivity contribution < 1.29 is 13.2 Å². The second-order valence-corrected chi connectivity index (χ2v) is 11.0. The average molecular weight is 530 g/mol. The highest BCUT2D eigenvalue weighted by atomic mass is 35.5. The quantitative estimate of drug-likeness (QED) is 0.275. The Balaban J connectivity index is 0.00000274. The van der Waals surface area contributed by atoms with Gasteiger partial charge in [0.25, 0.3) is 0 Å². The van der Waals surface area contributed by atoms with Crippen LogP contribution in [0.25, 0.3) is 10.7 Å². The molecule has 2 atom stereocenters. The van der Waals surface area contributed by atoms with Crippen molar-refractivity contribution >= 4 is 35.5 Å². The van der Waals surface area contributed by atoms with Gasteiger partial charge in [-0.15, -0.1) is 33.9 Å². The van der Waals surface area contributed by atoms with Crippen molar-refractivity contribution in [2.75, 3.05) is 25.4 Å². The Kier molecular flexibility index (Phi) is 7.34. The molecule has 5 rings (SSSR count). The lowest BCUT2D eigenvalue weighted by molar-refractivity contribution is -0.137. The van der Waals surface area contributed by atoms with Crippen LogP contribution in [-0.2, 0) is 13.2 Å². The molecule has 11 heteroatoms. The van der Waals surface area contributed by atoms with Crippen molar-refractivity contribution in [2.24, 2.45) is 12.5 Å². The number of thioether (sulfide) groups is 1. The molecule has 5 nitrogen and oxygen atoms in total. The van der Waals surface area contributed by atoms with E-state index in [0.29, 0.717) is 5.92 Å². The van der Waals surface area contributed by atoms with E-state index in [9.17, 15) is 13.2 Å². The Morgan fingerprint density at radius 3 is 2.65 bits per heavy atom. The summed E-state index contributed by atoms with van der Waals surface area (Å²) in [6.07, 6.45) is -0.989. The van der Waals surface area contributed by atoms with Gasteiger partial charge in [0.05, 0.1) is 21.6 Å². The lowest BCUT2D eigenvalue weighted by Crippen LogP contribution is -2.23. The fourth-order valence-corrected chi connectivity index (χ4v) is 6.61. The van der Waals surface area contributed by atoms with E-state index in [1.807, 2.05) is 24.0 Å². The summed E-state index contributed by atoms with van der Waals surface area (Å²) in [5, 5.41) is 9.62. The molecule has 0 N–H and O–H groups in total. The summed E-state index contributed by atoms with van der Waals surface area (Å²) in [5.41, 5.74) is 3.55. The monoisotopic (exact) mass is 529 g/mol. The number of aryl methyl sites for hydroxylation is 1. The van der Waals surface area contributed by atoms with Gasteiger partial charge in [-0.3, -0.25) is 0 Å². The van der Waals surface area contributed by atoms with Gasteiger partial charge in [0, 0.05) is 19.3 Å². The van der Waals surface area contributed by atoms with Crippen LogP contribution in [0.5, 0.6) is 0 Å². The van der Waals surface area contributed by atoms with Crippen molar-refractivity contribution in [3.8, 4) is 10.7 Å². The number of thiazole rings is 1. The smallest absolute Gasteiger partial charge is 0.304 e. The van der Waals surface area contributed by atoms with Crippen LogP contribution in [0.2, 0.25) is 0 Å². The molecule has 1 aromatic carbocycles. The molecule has 2 aromatic heterocycles. The molecule has 3 aromatic rings. The maximum Gasteiger partial charge on any atom is 0.416 e. The lowest BCUT2D eigenvalue weighted by atomic mass is 9.97. The molecule has 2 aliphatic rings. The van der Waals surface area contributed by atoms with Gasteiger partial charge in [-0.2, -0.15) is 13.2 Å². The maximum absolute atomic E-state index is 12.8. The molecule has 0 radical (unpaired) electrons. The largest absolute Gasteiger partial charge is 0.416 e. The van der Waals surface area contributed by atoms with Crippen LogP contribution in [-0.4, -0.2) is 50.0 Å². The van der Waals surface area contributed by atoms with Crippen molar-refractivity contribution in [3.05, 3.63) is 46.6 Å². The van der Waals surface area contributed by atoms with E-state index in [2.05, 4.69) is 20.1 Å². The Hall–Kier alpha value is -1.62. The molecule has 34 heavy (non-hydrogen) atoms. The molecule has 1 aliphatic heterocycles. The first-order valence-electron chi connectivity index (χ1n) is 11.1. The molecule has 1 saturated heterocycles. The van der Waals surface area contributed by atoms with Crippen LogP contribution in [0.1, 0.15) is 42.0 Å². The summed E-state index contributed by atoms with van der Waals surface area (Å²) in [5.74, 6) is 2.23. The first kappa shape index (κ1) is 25.5. The summed E-state index contributed by atoms with van der Waals surface area (Å²) < 4.78 is 40.5. The maximum atomic E-state index is 12.8. The molecular formula is C23H27ClF3N5S2. The molecule has 0 bridgehead atoms. The average Bonchev–Trinajstić information content (AvgIpc) is 3.05. The van der Waals surface area contributed by atoms with Gasteiger partial charge < -0.3 is 9.47 Å². The van der Waals surface area contributed by atoms with Gasteiger partial charge in [-0.1, -0.05) is 23.9 Å². The van der Waals surface area contributed by atoms with Crippen LogP contribution in [0.15, 0.2) is 34.9 Å². The van der Waals surface area contributed by atoms with Gasteiger partial charge in [0.2, 0.25) is 0 Å². The van der Waals surface area contributed by atoms with Crippen molar-refractivity contribution in [3.63, 3.8) is 0 Å². The zero-order valence-corrected chi connectivity index (χ0v) is 21.5. The van der Waals surface area contributed by atoms with Crippen molar-refractivity contribution in [2.45, 2.75) is 43.4 Å². The molecule has 1 saturated carbocycles. The number of alkyl halides is 3. The second kappa shape index (κ2) is 9.79. The van der Waals surface area contributed by atoms with Crippen LogP contribution in [0.4, 0.5) is 13.2 Å². The van der Waals surface area contributed by atoms with Crippen LogP contribution >= 0.6 is 35.5 Å². The number of nitrogens with zero attached hydrogens (tertiary/aromatic N) is 5. The third-order valence-electron chi connectivity index (χ3n) is 6.93. The van der Waals surface area contributed by atoms with Crippen LogP contribution in [0, 0.1) is 12.3 Å². The number of hydrogen-bond acceptors (Lipinski definition) is 6. The molecule has 1 spiro atoms. The van der Waals surface area contributed by atoms with E-state index in [1.165, 1.54) is 12.1 Å². The fourth-order valence-electron chi connectivity index (χ4n) is 4.96. The summed E-state index contributed by atoms with van der Waals surface area (Å²) in [6, 6.07) is 5.79. The highest BCUT2D eigenvalue weighted by Gasteiger charge is 2.57. The third-order valence-corrected chi connectivity index (χ3v) is 8.96. The third kappa shape index (κ3) is 5.01. The highest BCUT2D eigenvalue weighted by Crippen LogP contribution is 2.64. The number of likely N-dealkylation sites (tertiary alicyclic amines) is 1. The zero-order valence-electron chi connectivity index (χ0n) is 19.0. The van der Waals surface area contributed by atoms with E-state index in [4.69, 9.17) is 0 Å².